The molecule has 2 aromatic rings. The minimum Gasteiger partial charge on any atom is -0.332 e. The highest BCUT2D eigenvalue weighted by atomic mass is 19.1. The average molecular weight is 376 g/mol. The summed E-state index contributed by atoms with van der Waals surface area (Å²) in [5.41, 5.74) is 1.28. The summed E-state index contributed by atoms with van der Waals surface area (Å²) in [5.74, 6) is 4.95. The van der Waals surface area contributed by atoms with Crippen LogP contribution >= 0.6 is 0 Å². The third-order valence-corrected chi connectivity index (χ3v) is 5.73. The largest absolute Gasteiger partial charge is 0.332 e. The molecule has 1 heterocycles. The van der Waals surface area contributed by atoms with Crippen molar-refractivity contribution in [1.82, 2.24) is 4.90 Å². The quantitative estimate of drug-likeness (QED) is 0.817. The topological polar surface area (TPSA) is 49.4 Å². The molecule has 1 spiro atoms. The Morgan fingerprint density at radius 3 is 2.54 bits per heavy atom. The van der Waals surface area contributed by atoms with Gasteiger partial charge in [0.15, 0.2) is 0 Å². The molecule has 4 rings (SSSR count). The first kappa shape index (κ1) is 18.2. The molecule has 0 radical (unpaired) electrons. The van der Waals surface area contributed by atoms with Gasteiger partial charge in [0, 0.05) is 36.2 Å². The molecule has 1 N–H and O–H groups in total. The summed E-state index contributed by atoms with van der Waals surface area (Å²) < 4.78 is 13.3. The highest BCUT2D eigenvalue weighted by Gasteiger charge is 2.58. The third-order valence-electron chi connectivity index (χ3n) is 5.73. The van der Waals surface area contributed by atoms with E-state index in [2.05, 4.69) is 17.2 Å². The Balaban J connectivity index is 1.30. The van der Waals surface area contributed by atoms with Crippen LogP contribution in [-0.2, 0) is 9.59 Å². The molecule has 2 aliphatic rings. The third kappa shape index (κ3) is 3.91. The fourth-order valence-electron chi connectivity index (χ4n) is 3.95. The van der Waals surface area contributed by atoms with Crippen LogP contribution in [0.1, 0.15) is 24.8 Å². The summed E-state index contributed by atoms with van der Waals surface area (Å²) in [6.45, 7) is 1.23. The zero-order valence-corrected chi connectivity index (χ0v) is 15.5. The fourth-order valence-corrected chi connectivity index (χ4v) is 3.95. The van der Waals surface area contributed by atoms with Crippen molar-refractivity contribution in [3.8, 4) is 11.8 Å². The van der Waals surface area contributed by atoms with Gasteiger partial charge in [-0.15, -0.1) is 0 Å². The van der Waals surface area contributed by atoms with Gasteiger partial charge in [-0.05, 0) is 55.0 Å². The van der Waals surface area contributed by atoms with Gasteiger partial charge in [-0.25, -0.2) is 4.39 Å². The van der Waals surface area contributed by atoms with Crippen LogP contribution in [0.4, 0.5) is 10.1 Å². The minimum absolute atomic E-state index is 0.0267. The Morgan fingerprint density at radius 2 is 1.82 bits per heavy atom. The molecule has 2 fully saturated rings. The number of carbonyl (C=O) groups is 2. The van der Waals surface area contributed by atoms with E-state index in [1.54, 1.807) is 17.0 Å². The first-order valence-corrected chi connectivity index (χ1v) is 9.48. The Morgan fingerprint density at radius 1 is 1.07 bits per heavy atom. The van der Waals surface area contributed by atoms with Gasteiger partial charge in [0.2, 0.25) is 5.91 Å². The lowest BCUT2D eigenvalue weighted by molar-refractivity contribution is -0.126. The predicted octanol–water partition coefficient (Wildman–Crippen LogP) is 3.44. The molecule has 1 aliphatic carbocycles. The number of carbonyl (C=O) groups excluding carboxylic acids is 2. The molecule has 0 aromatic heterocycles. The minimum atomic E-state index is -0.369. The van der Waals surface area contributed by atoms with Crippen LogP contribution in [0.25, 0.3) is 0 Å². The van der Waals surface area contributed by atoms with Gasteiger partial charge in [-0.1, -0.05) is 30.2 Å². The van der Waals surface area contributed by atoms with Crippen molar-refractivity contribution < 1.29 is 14.0 Å². The number of rotatable bonds is 2. The summed E-state index contributed by atoms with van der Waals surface area (Å²) in [6.07, 6.45) is 2.42. The van der Waals surface area contributed by atoms with E-state index in [1.165, 1.54) is 12.1 Å². The number of piperidine rings is 1. The zero-order valence-electron chi connectivity index (χ0n) is 15.5. The van der Waals surface area contributed by atoms with E-state index in [0.29, 0.717) is 18.8 Å². The Hall–Kier alpha value is -3.13. The number of nitrogens with one attached hydrogen (secondary N) is 1. The zero-order chi connectivity index (χ0) is 19.6. The number of halogens is 1. The first-order chi connectivity index (χ1) is 13.6. The van der Waals surface area contributed by atoms with Crippen LogP contribution in [0.5, 0.6) is 0 Å². The van der Waals surface area contributed by atoms with Crippen LogP contribution in [0, 0.1) is 29.0 Å². The molecule has 1 saturated carbocycles. The molecule has 5 heteroatoms. The number of anilines is 1. The smallest absolute Gasteiger partial charge is 0.298 e. The number of hydrogen-bond acceptors (Lipinski definition) is 2. The summed E-state index contributed by atoms with van der Waals surface area (Å²) in [5, 5.41) is 2.81. The maximum atomic E-state index is 13.3. The number of amides is 2. The van der Waals surface area contributed by atoms with E-state index in [1.807, 2.05) is 30.3 Å². The Bertz CT molecular complexity index is 953. The maximum absolute atomic E-state index is 13.3. The lowest BCUT2D eigenvalue weighted by Crippen LogP contribution is -2.39. The Labute approximate surface area is 163 Å². The normalized spacial score (nSPS) is 19.5. The molecular formula is C23H21FN2O2. The SMILES string of the molecule is O=C(Nc1cccc(F)c1)C1CC12CCN(C(=O)C#Cc1ccccc1)CC2. The first-order valence-electron chi connectivity index (χ1n) is 9.48. The molecule has 142 valence electrons. The number of benzene rings is 2. The second-order valence-electron chi connectivity index (χ2n) is 7.53. The predicted molar refractivity (Wildman–Crippen MR) is 105 cm³/mol. The van der Waals surface area contributed by atoms with Crippen LogP contribution in [0.3, 0.4) is 0 Å². The number of hydrogen-bond donors (Lipinski definition) is 1. The van der Waals surface area contributed by atoms with Crippen molar-refractivity contribution in [3.05, 3.63) is 66.0 Å². The lowest BCUT2D eigenvalue weighted by Gasteiger charge is -2.31. The highest BCUT2D eigenvalue weighted by molar-refractivity contribution is 5.96. The molecule has 2 amide bonds. The van der Waals surface area contributed by atoms with Crippen molar-refractivity contribution in [1.29, 1.82) is 0 Å². The molecule has 0 bridgehead atoms. The van der Waals surface area contributed by atoms with Crippen molar-refractivity contribution in [3.63, 3.8) is 0 Å². The maximum Gasteiger partial charge on any atom is 0.298 e. The summed E-state index contributed by atoms with van der Waals surface area (Å²) in [4.78, 5) is 26.6. The van der Waals surface area contributed by atoms with Crippen LogP contribution < -0.4 is 5.32 Å². The van der Waals surface area contributed by atoms with E-state index in [9.17, 15) is 14.0 Å². The summed E-state index contributed by atoms with van der Waals surface area (Å²) >= 11 is 0. The van der Waals surface area contributed by atoms with Gasteiger partial charge in [0.05, 0.1) is 0 Å². The highest BCUT2D eigenvalue weighted by Crippen LogP contribution is 2.59. The van der Waals surface area contributed by atoms with Crippen molar-refractivity contribution in [2.24, 2.45) is 11.3 Å². The second kappa shape index (κ2) is 7.47. The monoisotopic (exact) mass is 376 g/mol. The van der Waals surface area contributed by atoms with Crippen molar-refractivity contribution in [2.75, 3.05) is 18.4 Å². The van der Waals surface area contributed by atoms with Gasteiger partial charge >= 0.3 is 0 Å². The average Bonchev–Trinajstić information content (AvgIpc) is 3.41. The van der Waals surface area contributed by atoms with Crippen molar-refractivity contribution in [2.45, 2.75) is 19.3 Å². The van der Waals surface area contributed by atoms with Gasteiger partial charge in [-0.2, -0.15) is 0 Å². The molecule has 1 atom stereocenters. The lowest BCUT2D eigenvalue weighted by atomic mass is 9.90. The molecule has 1 saturated heterocycles. The van der Waals surface area contributed by atoms with E-state index in [4.69, 9.17) is 0 Å². The molecule has 2 aromatic carbocycles. The molecular weight excluding hydrogens is 355 g/mol. The number of nitrogens with zero attached hydrogens (tertiary/aromatic N) is 1. The van der Waals surface area contributed by atoms with E-state index >= 15 is 0 Å². The van der Waals surface area contributed by atoms with E-state index in [0.717, 1.165) is 24.8 Å². The van der Waals surface area contributed by atoms with Gasteiger partial charge in [-0.3, -0.25) is 9.59 Å². The summed E-state index contributed by atoms with van der Waals surface area (Å²) in [7, 11) is 0. The van der Waals surface area contributed by atoms with Crippen LogP contribution in [0.15, 0.2) is 54.6 Å². The molecule has 4 nitrogen and oxygen atoms in total. The Kier molecular flexibility index (Phi) is 4.87. The molecule has 28 heavy (non-hydrogen) atoms. The second-order valence-corrected chi connectivity index (χ2v) is 7.53. The molecule has 1 unspecified atom stereocenters. The van der Waals surface area contributed by atoms with Gasteiger partial charge in [0.25, 0.3) is 5.91 Å². The van der Waals surface area contributed by atoms with E-state index < -0.39 is 0 Å². The van der Waals surface area contributed by atoms with Gasteiger partial charge < -0.3 is 10.2 Å². The van der Waals surface area contributed by atoms with Crippen LogP contribution in [-0.4, -0.2) is 29.8 Å². The standard InChI is InChI=1S/C23H21FN2O2/c24-18-7-4-8-19(15-18)25-22(28)20-16-23(20)11-13-26(14-12-23)21(27)10-9-17-5-2-1-3-6-17/h1-8,15,20H,11-14,16H2,(H,25,28). The number of likely N-dealkylation sites (tertiary alicyclic amines) is 1. The van der Waals surface area contributed by atoms with E-state index in [-0.39, 0.29) is 29.0 Å². The van der Waals surface area contributed by atoms with Gasteiger partial charge in [0.1, 0.15) is 5.82 Å². The van der Waals surface area contributed by atoms with Crippen molar-refractivity contribution >= 4 is 17.5 Å². The fraction of sp³-hybridized carbons (Fsp3) is 0.304. The molecule has 1 aliphatic heterocycles. The van der Waals surface area contributed by atoms with Crippen LogP contribution in [0.2, 0.25) is 0 Å². The summed E-state index contributed by atoms with van der Waals surface area (Å²) in [6, 6.07) is 15.4.